The number of aliphatic hydroxyl groups excluding tert-OH is 1. The molecule has 1 aliphatic heterocycles. The predicted molar refractivity (Wildman–Crippen MR) is 100 cm³/mol. The van der Waals surface area contributed by atoms with Gasteiger partial charge in [0.15, 0.2) is 11.4 Å². The van der Waals surface area contributed by atoms with E-state index in [0.717, 1.165) is 31.3 Å². The van der Waals surface area contributed by atoms with E-state index in [4.69, 9.17) is 9.47 Å². The van der Waals surface area contributed by atoms with E-state index in [1.165, 1.54) is 0 Å². The van der Waals surface area contributed by atoms with E-state index in [2.05, 4.69) is 0 Å². The lowest BCUT2D eigenvalue weighted by Crippen LogP contribution is -2.51. The van der Waals surface area contributed by atoms with Crippen molar-refractivity contribution in [1.29, 1.82) is 0 Å². The molecule has 0 bridgehead atoms. The van der Waals surface area contributed by atoms with E-state index >= 15 is 0 Å². The van der Waals surface area contributed by atoms with Gasteiger partial charge in [-0.3, -0.25) is 9.59 Å². The van der Waals surface area contributed by atoms with Gasteiger partial charge >= 0.3 is 5.97 Å². The molecule has 2 fully saturated rings. The number of esters is 1. The van der Waals surface area contributed by atoms with Crippen molar-refractivity contribution in [2.45, 2.75) is 63.3 Å². The van der Waals surface area contributed by atoms with Crippen molar-refractivity contribution in [1.82, 2.24) is 0 Å². The van der Waals surface area contributed by atoms with Crippen molar-refractivity contribution in [2.75, 3.05) is 6.61 Å². The largest absolute Gasteiger partial charge is 0.460 e. The maximum Gasteiger partial charge on any atom is 0.350 e. The Labute approximate surface area is 163 Å². The summed E-state index contributed by atoms with van der Waals surface area (Å²) in [6.07, 6.45) is 3.19. The van der Waals surface area contributed by atoms with Crippen molar-refractivity contribution in [3.8, 4) is 0 Å². The second-order valence-electron chi connectivity index (χ2n) is 8.06. The summed E-state index contributed by atoms with van der Waals surface area (Å²) in [5.41, 5.74) is -1.74. The van der Waals surface area contributed by atoms with Crippen LogP contribution in [0, 0.1) is 0 Å². The molecular weight excluding hydrogens is 360 g/mol. The van der Waals surface area contributed by atoms with Crippen LogP contribution < -0.4 is 0 Å². The number of hydrogen-bond donors (Lipinski definition) is 1. The fourth-order valence-corrected chi connectivity index (χ4v) is 4.43. The minimum absolute atomic E-state index is 0.00942. The monoisotopic (exact) mass is 384 g/mol. The first kappa shape index (κ1) is 19.0. The second-order valence-corrected chi connectivity index (χ2v) is 8.06. The van der Waals surface area contributed by atoms with Gasteiger partial charge in [-0.1, -0.05) is 29.8 Å². The van der Waals surface area contributed by atoms with Crippen molar-refractivity contribution < 1.29 is 29.0 Å². The van der Waals surface area contributed by atoms with Gasteiger partial charge < -0.3 is 14.6 Å². The number of carbonyl (C=O) groups excluding carboxylic acids is 3. The maximum absolute atomic E-state index is 13.4. The quantitative estimate of drug-likeness (QED) is 0.363. The van der Waals surface area contributed by atoms with Gasteiger partial charge in [-0.25, -0.2) is 4.79 Å². The van der Waals surface area contributed by atoms with Crippen molar-refractivity contribution in [2.24, 2.45) is 0 Å². The summed E-state index contributed by atoms with van der Waals surface area (Å²) >= 11 is 0. The molecule has 0 amide bonds. The molecule has 0 spiro atoms. The van der Waals surface area contributed by atoms with Crippen LogP contribution in [0.4, 0.5) is 0 Å². The SMILES string of the molecule is CC(C)=C(CO)CC12OC1(C(=O)OC1CCCC1)C(=O)c1ccccc1C2=O. The van der Waals surface area contributed by atoms with E-state index in [0.29, 0.717) is 5.57 Å². The lowest BCUT2D eigenvalue weighted by atomic mass is 9.71. The molecule has 3 aliphatic rings. The fourth-order valence-electron chi connectivity index (χ4n) is 4.43. The first-order valence-corrected chi connectivity index (χ1v) is 9.73. The van der Waals surface area contributed by atoms with Gasteiger partial charge in [-0.2, -0.15) is 0 Å². The summed E-state index contributed by atoms with van der Waals surface area (Å²) in [6, 6.07) is 6.45. The molecular formula is C22H24O6. The lowest BCUT2D eigenvalue weighted by molar-refractivity contribution is -0.153. The Balaban J connectivity index is 1.78. The minimum atomic E-state index is -1.95. The van der Waals surface area contributed by atoms with E-state index in [1.54, 1.807) is 24.3 Å². The van der Waals surface area contributed by atoms with Crippen LogP contribution in [0.3, 0.4) is 0 Å². The van der Waals surface area contributed by atoms with Crippen molar-refractivity contribution >= 4 is 17.5 Å². The molecule has 2 aliphatic carbocycles. The van der Waals surface area contributed by atoms with Gasteiger partial charge in [-0.05, 0) is 45.1 Å². The van der Waals surface area contributed by atoms with Gasteiger partial charge in [0.2, 0.25) is 5.78 Å². The van der Waals surface area contributed by atoms with Gasteiger partial charge in [0, 0.05) is 17.5 Å². The number of hydrogen-bond acceptors (Lipinski definition) is 6. The highest BCUT2D eigenvalue weighted by Crippen LogP contribution is 2.59. The Morgan fingerprint density at radius 1 is 1.14 bits per heavy atom. The summed E-state index contributed by atoms with van der Waals surface area (Å²) in [5.74, 6) is -1.71. The number of aliphatic hydroxyl groups is 1. The number of ether oxygens (including phenoxy) is 2. The van der Waals surface area contributed by atoms with E-state index < -0.39 is 28.7 Å². The number of epoxide rings is 1. The van der Waals surface area contributed by atoms with E-state index in [1.807, 2.05) is 13.8 Å². The third kappa shape index (κ3) is 2.51. The first-order valence-electron chi connectivity index (χ1n) is 9.73. The molecule has 1 aromatic carbocycles. The highest BCUT2D eigenvalue weighted by molar-refractivity contribution is 6.32. The number of Topliss-reactive ketones (excluding diaryl/α,β-unsaturated/α-hetero) is 2. The van der Waals surface area contributed by atoms with Gasteiger partial charge in [-0.15, -0.1) is 0 Å². The number of fused-ring (bicyclic) bond motifs is 2. The predicted octanol–water partition coefficient (Wildman–Crippen LogP) is 2.78. The molecule has 1 saturated heterocycles. The molecule has 1 heterocycles. The Morgan fingerprint density at radius 3 is 2.32 bits per heavy atom. The highest BCUT2D eigenvalue weighted by atomic mass is 16.7. The molecule has 28 heavy (non-hydrogen) atoms. The Hall–Kier alpha value is -2.31. The number of rotatable bonds is 5. The Bertz CT molecular complexity index is 890. The van der Waals surface area contributed by atoms with Crippen molar-refractivity contribution in [3.63, 3.8) is 0 Å². The summed E-state index contributed by atoms with van der Waals surface area (Å²) in [5, 5.41) is 9.73. The standard InChI is InChI=1S/C22H24O6/c1-13(2)14(12-23)11-21-18(24)16-9-5-6-10-17(16)19(25)22(21,28-21)20(26)27-15-7-3-4-8-15/h5-6,9-10,15,23H,3-4,7-8,11-12H2,1-2H3. The molecule has 1 saturated carbocycles. The molecule has 0 aromatic heterocycles. The highest BCUT2D eigenvalue weighted by Gasteiger charge is 2.85. The molecule has 1 aromatic rings. The topological polar surface area (TPSA) is 93.2 Å². The number of allylic oxidation sites excluding steroid dienone is 1. The number of ketones is 2. The molecule has 2 atom stereocenters. The summed E-state index contributed by atoms with van der Waals surface area (Å²) < 4.78 is 11.4. The third-order valence-electron chi connectivity index (χ3n) is 6.18. The average Bonchev–Trinajstić information content (AvgIpc) is 3.13. The Morgan fingerprint density at radius 2 is 1.75 bits per heavy atom. The van der Waals surface area contributed by atoms with Crippen LogP contribution in [0.2, 0.25) is 0 Å². The first-order chi connectivity index (χ1) is 13.4. The summed E-state index contributed by atoms with van der Waals surface area (Å²) in [4.78, 5) is 39.8. The number of benzene rings is 1. The second kappa shape index (κ2) is 6.64. The summed E-state index contributed by atoms with van der Waals surface area (Å²) in [6.45, 7) is 3.35. The normalized spacial score (nSPS) is 28.5. The zero-order valence-corrected chi connectivity index (χ0v) is 16.1. The zero-order chi connectivity index (χ0) is 20.1. The van der Waals surface area contributed by atoms with Crippen LogP contribution in [-0.4, -0.2) is 46.6 Å². The molecule has 0 radical (unpaired) electrons. The van der Waals surface area contributed by atoms with Gasteiger partial charge in [0.1, 0.15) is 6.10 Å². The van der Waals surface area contributed by atoms with Gasteiger partial charge in [0.25, 0.3) is 5.60 Å². The minimum Gasteiger partial charge on any atom is -0.460 e. The van der Waals surface area contributed by atoms with Crippen LogP contribution in [0.1, 0.15) is 66.7 Å². The lowest BCUT2D eigenvalue weighted by Gasteiger charge is -2.25. The van der Waals surface area contributed by atoms with E-state index in [9.17, 15) is 19.5 Å². The van der Waals surface area contributed by atoms with Crippen LogP contribution in [0.25, 0.3) is 0 Å². The van der Waals surface area contributed by atoms with Crippen LogP contribution in [-0.2, 0) is 14.3 Å². The molecule has 4 rings (SSSR count). The average molecular weight is 384 g/mol. The third-order valence-corrected chi connectivity index (χ3v) is 6.18. The van der Waals surface area contributed by atoms with Crippen LogP contribution >= 0.6 is 0 Å². The van der Waals surface area contributed by atoms with Gasteiger partial charge in [0.05, 0.1) is 6.61 Å². The molecule has 6 heteroatoms. The van der Waals surface area contributed by atoms with Crippen LogP contribution in [0.5, 0.6) is 0 Å². The molecule has 1 N–H and O–H groups in total. The molecule has 2 unspecified atom stereocenters. The maximum atomic E-state index is 13.4. The molecule has 148 valence electrons. The fraction of sp³-hybridized carbons (Fsp3) is 0.500. The number of carbonyl (C=O) groups is 3. The zero-order valence-electron chi connectivity index (χ0n) is 16.1. The van der Waals surface area contributed by atoms with Crippen molar-refractivity contribution in [3.05, 3.63) is 46.5 Å². The smallest absolute Gasteiger partial charge is 0.350 e. The van der Waals surface area contributed by atoms with E-state index in [-0.39, 0.29) is 30.3 Å². The van der Waals surface area contributed by atoms with Crippen LogP contribution in [0.15, 0.2) is 35.4 Å². The molecule has 6 nitrogen and oxygen atoms in total. The summed E-state index contributed by atoms with van der Waals surface area (Å²) in [7, 11) is 0. The Kier molecular flexibility index (Phi) is 4.51.